The molecule has 1 saturated heterocycles. The third kappa shape index (κ3) is 8.74. The molecule has 0 radical (unpaired) electrons. The van der Waals surface area contributed by atoms with Gasteiger partial charge in [-0.15, -0.1) is 16.9 Å². The highest BCUT2D eigenvalue weighted by Gasteiger charge is 2.54. The molecule has 2 aromatic rings. The van der Waals surface area contributed by atoms with Crippen LogP contribution in [0.4, 0.5) is 23.1 Å². The standard InChI is InChI=1S/C22H26F3N11O7S3/c1-21(2,3)43-20(41)27-4-5-35-19(30-33-34-35)45-7-9-6-44-16-11(15(38)36(16)12(9)17(39)40)28-14(37)10(13-29-18(26)46-32-13)31-42-8-22(23,24)25/h11,16H,4-8H2,1-3H3,(H,27,41)(H,28,37)(H,39,40)(H2,26,29,32)/b31-10+/t11?,16-/m1/s1. The zero-order valence-corrected chi connectivity index (χ0v) is 26.6. The number of carbonyl (C=O) groups excluding carboxylic acids is 3. The maximum absolute atomic E-state index is 13.1. The highest BCUT2D eigenvalue weighted by atomic mass is 32.2. The summed E-state index contributed by atoms with van der Waals surface area (Å²) >= 11 is 2.92. The van der Waals surface area contributed by atoms with Crippen LogP contribution in [0.3, 0.4) is 0 Å². The molecule has 5 N–H and O–H groups in total. The third-order valence-electron chi connectivity index (χ3n) is 5.66. The molecule has 2 aliphatic rings. The van der Waals surface area contributed by atoms with Crippen LogP contribution in [0, 0.1) is 0 Å². The minimum absolute atomic E-state index is 0.0896. The summed E-state index contributed by atoms with van der Waals surface area (Å²) in [7, 11) is 0. The number of hydrogen-bond donors (Lipinski definition) is 4. The number of tetrazole rings is 1. The summed E-state index contributed by atoms with van der Waals surface area (Å²) in [5.74, 6) is -3.47. The minimum atomic E-state index is -4.75. The maximum Gasteiger partial charge on any atom is 0.425 e. The number of thioether (sulfide) groups is 2. The van der Waals surface area contributed by atoms with Gasteiger partial charge in [-0.2, -0.15) is 22.5 Å². The van der Waals surface area contributed by atoms with Gasteiger partial charge in [0.15, 0.2) is 5.13 Å². The predicted octanol–water partition coefficient (Wildman–Crippen LogP) is 0.445. The lowest BCUT2D eigenvalue weighted by Gasteiger charge is -2.49. The monoisotopic (exact) mass is 709 g/mol. The number of amides is 3. The summed E-state index contributed by atoms with van der Waals surface area (Å²) in [5.41, 5.74) is 4.18. The molecule has 0 saturated carbocycles. The Hall–Kier alpha value is -4.19. The van der Waals surface area contributed by atoms with Crippen molar-refractivity contribution in [1.29, 1.82) is 0 Å². The quantitative estimate of drug-likeness (QED) is 0.101. The summed E-state index contributed by atoms with van der Waals surface area (Å²) in [4.78, 5) is 59.2. The average Bonchev–Trinajstić information content (AvgIpc) is 3.58. The van der Waals surface area contributed by atoms with Crippen molar-refractivity contribution >= 4 is 69.8 Å². The second kappa shape index (κ2) is 14.1. The lowest BCUT2D eigenvalue weighted by Crippen LogP contribution is -2.71. The molecule has 2 aromatic heterocycles. The first-order chi connectivity index (χ1) is 21.5. The number of alkyl carbamates (subject to hydrolysis) is 1. The van der Waals surface area contributed by atoms with Crippen LogP contribution in [0.15, 0.2) is 21.6 Å². The zero-order valence-electron chi connectivity index (χ0n) is 24.1. The van der Waals surface area contributed by atoms with Crippen LogP contribution in [-0.2, 0) is 30.5 Å². The molecule has 2 atom stereocenters. The first-order valence-electron chi connectivity index (χ1n) is 13.0. The number of fused-ring (bicyclic) bond motifs is 1. The van der Waals surface area contributed by atoms with Gasteiger partial charge >= 0.3 is 18.2 Å². The SMILES string of the molecule is CC(C)(C)OC(=O)NCCn1nnnc1SCC1=C(C(=O)O)N2C(=O)C(NC(=O)/C(=N/OCC(F)(F)F)c3nsc(N)n3)[C@H]2SC1. The number of hydrogen-bond acceptors (Lipinski definition) is 16. The maximum atomic E-state index is 13.1. The number of β-lactam (4-membered cyclic amide) rings is 1. The fourth-order valence-corrected chi connectivity index (χ4v) is 6.68. The molecule has 0 aliphatic carbocycles. The van der Waals surface area contributed by atoms with E-state index in [-0.39, 0.29) is 35.4 Å². The minimum Gasteiger partial charge on any atom is -0.477 e. The van der Waals surface area contributed by atoms with E-state index in [0.29, 0.717) is 22.3 Å². The molecule has 1 fully saturated rings. The third-order valence-corrected chi connectivity index (χ3v) is 8.58. The molecule has 4 heterocycles. The van der Waals surface area contributed by atoms with Crippen molar-refractivity contribution in [3.63, 3.8) is 0 Å². The summed E-state index contributed by atoms with van der Waals surface area (Å²) in [6.45, 7) is 3.71. The number of rotatable bonds is 12. The molecule has 0 aromatic carbocycles. The second-order valence-corrected chi connectivity index (χ2v) is 13.1. The zero-order chi connectivity index (χ0) is 33.8. The number of oxime groups is 1. The molecule has 0 spiro atoms. The largest absolute Gasteiger partial charge is 0.477 e. The summed E-state index contributed by atoms with van der Waals surface area (Å²) in [6, 6.07) is -1.24. The van der Waals surface area contributed by atoms with Gasteiger partial charge in [0.1, 0.15) is 22.7 Å². The van der Waals surface area contributed by atoms with Crippen LogP contribution in [0.25, 0.3) is 0 Å². The lowest BCUT2D eigenvalue weighted by atomic mass is 10.0. The molecule has 0 bridgehead atoms. The number of ether oxygens (including phenoxy) is 1. The molecule has 46 heavy (non-hydrogen) atoms. The number of aliphatic carboxylic acids is 1. The Kier molecular flexibility index (Phi) is 10.6. The van der Waals surface area contributed by atoms with Gasteiger partial charge in [0.05, 0.1) is 6.54 Å². The van der Waals surface area contributed by atoms with E-state index in [1.54, 1.807) is 20.8 Å². The first-order valence-corrected chi connectivity index (χ1v) is 15.8. The van der Waals surface area contributed by atoms with Crippen molar-refractivity contribution in [2.75, 3.05) is 30.4 Å². The van der Waals surface area contributed by atoms with E-state index < -0.39 is 65.2 Å². The van der Waals surface area contributed by atoms with Crippen LogP contribution in [0.2, 0.25) is 0 Å². The van der Waals surface area contributed by atoms with E-state index in [2.05, 4.69) is 45.5 Å². The normalized spacial score (nSPS) is 18.5. The second-order valence-electron chi connectivity index (χ2n) is 10.3. The van der Waals surface area contributed by atoms with E-state index in [4.69, 9.17) is 10.5 Å². The topological polar surface area (TPSA) is 242 Å². The Labute approximate surface area is 269 Å². The number of carboxylic acid groups (broad SMARTS) is 1. The highest BCUT2D eigenvalue weighted by molar-refractivity contribution is 8.01. The Morgan fingerprint density at radius 1 is 1.26 bits per heavy atom. The number of nitrogens with one attached hydrogen (secondary N) is 2. The smallest absolute Gasteiger partial charge is 0.425 e. The molecule has 4 rings (SSSR count). The van der Waals surface area contributed by atoms with Gasteiger partial charge in [-0.1, -0.05) is 16.9 Å². The number of nitrogens with two attached hydrogens (primary N) is 1. The number of alkyl halides is 3. The molecule has 3 amide bonds. The van der Waals surface area contributed by atoms with Gasteiger partial charge in [0, 0.05) is 29.6 Å². The summed E-state index contributed by atoms with van der Waals surface area (Å²) < 4.78 is 48.0. The van der Waals surface area contributed by atoms with Gasteiger partial charge in [-0.25, -0.2) is 14.3 Å². The molecule has 1 unspecified atom stereocenters. The highest BCUT2D eigenvalue weighted by Crippen LogP contribution is 2.41. The van der Waals surface area contributed by atoms with E-state index >= 15 is 0 Å². The Morgan fingerprint density at radius 3 is 2.63 bits per heavy atom. The van der Waals surface area contributed by atoms with Crippen LogP contribution in [0.5, 0.6) is 0 Å². The van der Waals surface area contributed by atoms with Crippen molar-refractivity contribution in [2.45, 2.75) is 55.7 Å². The van der Waals surface area contributed by atoms with Crippen LogP contribution in [-0.4, -0.2) is 117 Å². The molecule has 18 nitrogen and oxygen atoms in total. The number of carboxylic acids is 1. The van der Waals surface area contributed by atoms with Crippen LogP contribution >= 0.6 is 35.1 Å². The van der Waals surface area contributed by atoms with E-state index in [0.717, 1.165) is 28.4 Å². The predicted molar refractivity (Wildman–Crippen MR) is 155 cm³/mol. The number of nitrogen functional groups attached to an aromatic ring is 1. The summed E-state index contributed by atoms with van der Waals surface area (Å²) in [6.07, 6.45) is -5.36. The molecular weight excluding hydrogens is 684 g/mol. The van der Waals surface area contributed by atoms with E-state index in [1.807, 2.05) is 0 Å². The number of aromatic nitrogens is 6. The molecule has 24 heteroatoms. The Morgan fingerprint density at radius 2 is 2.00 bits per heavy atom. The van der Waals surface area contributed by atoms with Gasteiger partial charge in [-0.05, 0) is 36.8 Å². The van der Waals surface area contributed by atoms with Crippen molar-refractivity contribution in [3.05, 3.63) is 17.1 Å². The van der Waals surface area contributed by atoms with Crippen molar-refractivity contribution in [1.82, 2.24) is 45.1 Å². The number of halogens is 3. The Balaban J connectivity index is 1.40. The van der Waals surface area contributed by atoms with Crippen LogP contribution in [0.1, 0.15) is 26.6 Å². The Bertz CT molecular complexity index is 1560. The van der Waals surface area contributed by atoms with Crippen LogP contribution < -0.4 is 16.4 Å². The number of anilines is 1. The summed E-state index contributed by atoms with van der Waals surface area (Å²) in [5, 5.41) is 28.9. The van der Waals surface area contributed by atoms with Crippen molar-refractivity contribution in [3.8, 4) is 0 Å². The first kappa shape index (κ1) is 34.7. The fraction of sp³-hybridized carbons (Fsp3) is 0.545. The number of nitrogens with zero attached hydrogens (tertiary/aromatic N) is 8. The van der Waals surface area contributed by atoms with Gasteiger partial charge < -0.3 is 31.0 Å². The van der Waals surface area contributed by atoms with Crippen molar-refractivity contribution in [2.24, 2.45) is 5.16 Å². The molecule has 2 aliphatic heterocycles. The fourth-order valence-electron chi connectivity index (χ4n) is 3.86. The van der Waals surface area contributed by atoms with E-state index in [1.165, 1.54) is 4.68 Å². The van der Waals surface area contributed by atoms with E-state index in [9.17, 15) is 37.5 Å². The van der Waals surface area contributed by atoms with Crippen molar-refractivity contribution < 1.29 is 47.0 Å². The van der Waals surface area contributed by atoms with Gasteiger partial charge in [0.25, 0.3) is 11.8 Å². The lowest BCUT2D eigenvalue weighted by molar-refractivity contribution is -0.174. The van der Waals surface area contributed by atoms with Gasteiger partial charge in [0.2, 0.25) is 23.3 Å². The molecular formula is C22H26F3N11O7S3. The number of carbonyl (C=O) groups is 4. The average molecular weight is 710 g/mol. The molecule has 250 valence electrons. The van der Waals surface area contributed by atoms with Gasteiger partial charge in [-0.3, -0.25) is 14.5 Å².